The van der Waals surface area contributed by atoms with E-state index in [-0.39, 0.29) is 15.6 Å². The molecular formula is C22H21NO3Si. The van der Waals surface area contributed by atoms with Crippen molar-refractivity contribution >= 4 is 24.4 Å². The van der Waals surface area contributed by atoms with Gasteiger partial charge in [0.25, 0.3) is 0 Å². The van der Waals surface area contributed by atoms with Gasteiger partial charge in [0.1, 0.15) is 0 Å². The highest BCUT2D eigenvalue weighted by molar-refractivity contribution is 7.01. The fourth-order valence-corrected chi connectivity index (χ4v) is 8.73. The summed E-state index contributed by atoms with van der Waals surface area (Å²) in [7, 11) is -2.81. The molecule has 0 radical (unpaired) electrons. The Morgan fingerprint density at radius 2 is 1.48 bits per heavy atom. The van der Waals surface area contributed by atoms with Crippen LogP contribution in [0.15, 0.2) is 72.8 Å². The van der Waals surface area contributed by atoms with Gasteiger partial charge in [0, 0.05) is 11.6 Å². The number of para-hydroxylation sites is 1. The highest BCUT2D eigenvalue weighted by atomic mass is 28.4. The molecule has 0 fully saturated rings. The highest BCUT2D eigenvalue weighted by Gasteiger charge is 2.56. The first-order valence-corrected chi connectivity index (χ1v) is 10.9. The standard InChI is InChI=1S/C22H21NO3Si/c1-22(2,3)27(16-10-5-4-6-11-16)20-15-8-7-12-17(20)18-13-9-14-19(23(24)25)21(18)26-27/h4-15H,1-3H3. The molecule has 4 nitrogen and oxygen atoms in total. The number of hydrogen-bond donors (Lipinski definition) is 0. The fourth-order valence-electron chi connectivity index (χ4n) is 4.10. The Hall–Kier alpha value is -2.92. The van der Waals surface area contributed by atoms with Crippen molar-refractivity contribution in [3.8, 4) is 16.9 Å². The Bertz CT molecular complexity index is 1030. The van der Waals surface area contributed by atoms with E-state index in [2.05, 4.69) is 45.0 Å². The van der Waals surface area contributed by atoms with Gasteiger partial charge in [0.15, 0.2) is 5.75 Å². The van der Waals surface area contributed by atoms with E-state index in [4.69, 9.17) is 4.43 Å². The zero-order valence-electron chi connectivity index (χ0n) is 15.6. The molecule has 3 aromatic carbocycles. The molecule has 0 aliphatic carbocycles. The summed E-state index contributed by atoms with van der Waals surface area (Å²) in [6, 6.07) is 23.5. The molecule has 1 atom stereocenters. The van der Waals surface area contributed by atoms with Crippen LogP contribution in [0, 0.1) is 10.1 Å². The van der Waals surface area contributed by atoms with Gasteiger partial charge in [-0.15, -0.1) is 0 Å². The molecule has 3 aromatic rings. The monoisotopic (exact) mass is 375 g/mol. The summed E-state index contributed by atoms with van der Waals surface area (Å²) in [6.07, 6.45) is 0. The van der Waals surface area contributed by atoms with Crippen molar-refractivity contribution in [2.75, 3.05) is 0 Å². The summed E-state index contributed by atoms with van der Waals surface area (Å²) >= 11 is 0. The van der Waals surface area contributed by atoms with Gasteiger partial charge in [0.2, 0.25) is 0 Å². The van der Waals surface area contributed by atoms with Crippen LogP contribution in [0.2, 0.25) is 5.04 Å². The zero-order chi connectivity index (χ0) is 19.2. The Labute approximate surface area is 159 Å². The van der Waals surface area contributed by atoms with Crippen LogP contribution in [0.25, 0.3) is 11.1 Å². The van der Waals surface area contributed by atoms with Crippen LogP contribution < -0.4 is 14.8 Å². The molecule has 0 spiro atoms. The van der Waals surface area contributed by atoms with Crippen molar-refractivity contribution in [2.24, 2.45) is 0 Å². The van der Waals surface area contributed by atoms with E-state index in [0.717, 1.165) is 21.5 Å². The van der Waals surface area contributed by atoms with Gasteiger partial charge >= 0.3 is 14.0 Å². The lowest BCUT2D eigenvalue weighted by molar-refractivity contribution is -0.385. The summed E-state index contributed by atoms with van der Waals surface area (Å²) in [4.78, 5) is 11.4. The number of nitrogens with zero attached hydrogens (tertiary/aromatic N) is 1. The predicted molar refractivity (Wildman–Crippen MR) is 110 cm³/mol. The van der Waals surface area contributed by atoms with Crippen LogP contribution in [0.4, 0.5) is 5.69 Å². The quantitative estimate of drug-likeness (QED) is 0.376. The van der Waals surface area contributed by atoms with Gasteiger partial charge in [-0.2, -0.15) is 0 Å². The molecule has 27 heavy (non-hydrogen) atoms. The molecule has 0 aromatic heterocycles. The number of rotatable bonds is 2. The van der Waals surface area contributed by atoms with Crippen molar-refractivity contribution in [1.29, 1.82) is 0 Å². The summed E-state index contributed by atoms with van der Waals surface area (Å²) in [6.45, 7) is 6.51. The lowest BCUT2D eigenvalue weighted by Crippen LogP contribution is -2.70. The largest absolute Gasteiger partial charge is 0.529 e. The van der Waals surface area contributed by atoms with Crippen molar-refractivity contribution in [3.05, 3.63) is 82.9 Å². The lowest BCUT2D eigenvalue weighted by atomic mass is 10.0. The molecule has 136 valence electrons. The minimum Gasteiger partial charge on any atom is -0.529 e. The third-order valence-electron chi connectivity index (χ3n) is 5.28. The topological polar surface area (TPSA) is 52.4 Å². The van der Waals surface area contributed by atoms with Gasteiger partial charge in [-0.05, 0) is 21.0 Å². The predicted octanol–water partition coefficient (Wildman–Crippen LogP) is 4.51. The molecule has 1 aliphatic heterocycles. The summed E-state index contributed by atoms with van der Waals surface area (Å²) in [5, 5.41) is 13.8. The van der Waals surface area contributed by atoms with Crippen LogP contribution in [0.5, 0.6) is 5.75 Å². The molecule has 5 heteroatoms. The Balaban J connectivity index is 2.13. The van der Waals surface area contributed by atoms with Crippen LogP contribution in [0.1, 0.15) is 20.8 Å². The SMILES string of the molecule is CC(C)(C)[Si]1(c2ccccc2)Oc2c(cccc2[N+](=O)[O-])-c2ccccc21. The number of fused-ring (bicyclic) bond motifs is 3. The molecule has 0 N–H and O–H groups in total. The first-order chi connectivity index (χ1) is 12.9. The van der Waals surface area contributed by atoms with Crippen LogP contribution >= 0.6 is 0 Å². The van der Waals surface area contributed by atoms with E-state index in [1.807, 2.05) is 36.4 Å². The summed E-state index contributed by atoms with van der Waals surface area (Å²) in [5.74, 6) is 0.395. The summed E-state index contributed by atoms with van der Waals surface area (Å²) in [5.41, 5.74) is 1.86. The maximum absolute atomic E-state index is 11.7. The van der Waals surface area contributed by atoms with E-state index in [1.165, 1.54) is 6.07 Å². The van der Waals surface area contributed by atoms with Crippen molar-refractivity contribution in [3.63, 3.8) is 0 Å². The minimum absolute atomic E-state index is 0.0269. The highest BCUT2D eigenvalue weighted by Crippen LogP contribution is 2.48. The molecule has 1 unspecified atom stereocenters. The molecular weight excluding hydrogens is 354 g/mol. The first kappa shape index (κ1) is 17.5. The molecule has 0 saturated carbocycles. The minimum atomic E-state index is -2.81. The average molecular weight is 376 g/mol. The van der Waals surface area contributed by atoms with E-state index in [0.29, 0.717) is 5.75 Å². The molecule has 1 heterocycles. The smallest absolute Gasteiger partial charge is 0.320 e. The second-order valence-electron chi connectivity index (χ2n) is 7.86. The Kier molecular flexibility index (Phi) is 3.93. The molecule has 4 rings (SSSR count). The Morgan fingerprint density at radius 1 is 0.852 bits per heavy atom. The van der Waals surface area contributed by atoms with Crippen molar-refractivity contribution < 1.29 is 9.35 Å². The number of benzene rings is 3. The maximum atomic E-state index is 11.7. The van der Waals surface area contributed by atoms with E-state index in [1.54, 1.807) is 6.07 Å². The van der Waals surface area contributed by atoms with E-state index >= 15 is 0 Å². The zero-order valence-corrected chi connectivity index (χ0v) is 16.6. The van der Waals surface area contributed by atoms with Gasteiger partial charge in [-0.1, -0.05) is 87.5 Å². The maximum Gasteiger partial charge on any atom is 0.320 e. The van der Waals surface area contributed by atoms with Gasteiger partial charge in [0.05, 0.1) is 4.92 Å². The van der Waals surface area contributed by atoms with Crippen molar-refractivity contribution in [1.82, 2.24) is 0 Å². The van der Waals surface area contributed by atoms with Crippen molar-refractivity contribution in [2.45, 2.75) is 25.8 Å². The van der Waals surface area contributed by atoms with E-state index in [9.17, 15) is 10.1 Å². The third kappa shape index (κ3) is 2.50. The third-order valence-corrected chi connectivity index (χ3v) is 10.2. The average Bonchev–Trinajstić information content (AvgIpc) is 2.66. The number of nitro groups is 1. The normalized spacial score (nSPS) is 18.2. The molecule has 0 saturated heterocycles. The second-order valence-corrected chi connectivity index (χ2v) is 12.0. The van der Waals surface area contributed by atoms with Crippen LogP contribution in [0.3, 0.4) is 0 Å². The fraction of sp³-hybridized carbons (Fsp3) is 0.182. The van der Waals surface area contributed by atoms with Crippen LogP contribution in [-0.4, -0.2) is 13.2 Å². The lowest BCUT2D eigenvalue weighted by Gasteiger charge is -2.46. The van der Waals surface area contributed by atoms with Gasteiger partial charge < -0.3 is 4.43 Å². The Morgan fingerprint density at radius 3 is 2.15 bits per heavy atom. The molecule has 0 bridgehead atoms. The second kappa shape index (κ2) is 6.06. The van der Waals surface area contributed by atoms with Gasteiger partial charge in [-0.3, -0.25) is 10.1 Å². The summed E-state index contributed by atoms with van der Waals surface area (Å²) < 4.78 is 6.79. The number of nitro benzene ring substituents is 1. The van der Waals surface area contributed by atoms with Crippen LogP contribution in [-0.2, 0) is 0 Å². The number of hydrogen-bond acceptors (Lipinski definition) is 3. The molecule has 1 aliphatic rings. The van der Waals surface area contributed by atoms with Gasteiger partial charge in [-0.25, -0.2) is 0 Å². The molecule has 0 amide bonds. The van der Waals surface area contributed by atoms with E-state index < -0.39 is 8.32 Å². The first-order valence-electron chi connectivity index (χ1n) is 8.98.